The Balaban J connectivity index is 1.74. The zero-order valence-corrected chi connectivity index (χ0v) is 14.1. The van der Waals surface area contributed by atoms with E-state index in [2.05, 4.69) is 68.8 Å². The fourth-order valence-electron chi connectivity index (χ4n) is 2.85. The molecule has 3 nitrogen and oxygen atoms in total. The Labute approximate surface area is 134 Å². The normalized spacial score (nSPS) is 15.4. The van der Waals surface area contributed by atoms with Crippen LogP contribution in [-0.2, 0) is 0 Å². The van der Waals surface area contributed by atoms with Crippen LogP contribution in [0.3, 0.4) is 0 Å². The van der Waals surface area contributed by atoms with E-state index in [-0.39, 0.29) is 0 Å². The van der Waals surface area contributed by atoms with Crippen LogP contribution in [0, 0.1) is 13.8 Å². The Morgan fingerprint density at radius 3 is 2.38 bits per heavy atom. The van der Waals surface area contributed by atoms with Gasteiger partial charge in [-0.05, 0) is 59.1 Å². The van der Waals surface area contributed by atoms with Gasteiger partial charge in [0.15, 0.2) is 0 Å². The zero-order chi connectivity index (χ0) is 14.8. The van der Waals surface area contributed by atoms with E-state index in [4.69, 9.17) is 0 Å². The Hall–Kier alpha value is -1.55. The van der Waals surface area contributed by atoms with Crippen LogP contribution in [0.1, 0.15) is 11.1 Å². The molecule has 0 amide bonds. The molecule has 1 saturated heterocycles. The van der Waals surface area contributed by atoms with E-state index < -0.39 is 0 Å². The van der Waals surface area contributed by atoms with E-state index in [1.165, 1.54) is 16.8 Å². The molecule has 0 radical (unpaired) electrons. The molecule has 110 valence electrons. The first-order valence-electron chi connectivity index (χ1n) is 7.33. The molecule has 0 aliphatic carbocycles. The van der Waals surface area contributed by atoms with Gasteiger partial charge >= 0.3 is 0 Å². The number of nitrogens with zero attached hydrogens (tertiary/aromatic N) is 3. The monoisotopic (exact) mass is 345 g/mol. The first-order valence-corrected chi connectivity index (χ1v) is 8.13. The lowest BCUT2D eigenvalue weighted by molar-refractivity contribution is 0.645. The Morgan fingerprint density at radius 1 is 0.952 bits per heavy atom. The zero-order valence-electron chi connectivity index (χ0n) is 12.5. The highest BCUT2D eigenvalue weighted by Crippen LogP contribution is 2.27. The molecule has 1 aromatic heterocycles. The predicted octanol–water partition coefficient (Wildman–Crippen LogP) is 3.79. The van der Waals surface area contributed by atoms with Crippen LogP contribution in [-0.4, -0.2) is 31.2 Å². The summed E-state index contributed by atoms with van der Waals surface area (Å²) < 4.78 is 1.07. The van der Waals surface area contributed by atoms with E-state index in [0.717, 1.165) is 36.5 Å². The minimum absolute atomic E-state index is 1.00. The molecule has 1 fully saturated rings. The van der Waals surface area contributed by atoms with Gasteiger partial charge in [0.05, 0.1) is 4.47 Å². The van der Waals surface area contributed by atoms with Crippen molar-refractivity contribution in [1.29, 1.82) is 0 Å². The number of anilines is 2. The van der Waals surface area contributed by atoms with Gasteiger partial charge in [0.25, 0.3) is 0 Å². The van der Waals surface area contributed by atoms with Gasteiger partial charge in [-0.25, -0.2) is 4.98 Å². The summed E-state index contributed by atoms with van der Waals surface area (Å²) in [5.41, 5.74) is 4.13. The SMILES string of the molecule is Cc1cccc(N2CCN(c3ncccc3Br)CC2)c1C. The molecule has 0 atom stereocenters. The predicted molar refractivity (Wildman–Crippen MR) is 92.3 cm³/mol. The number of aromatic nitrogens is 1. The molecule has 1 aliphatic heterocycles. The number of piperazine rings is 1. The van der Waals surface area contributed by atoms with E-state index in [0.29, 0.717) is 0 Å². The highest BCUT2D eigenvalue weighted by Gasteiger charge is 2.20. The molecule has 2 heterocycles. The highest BCUT2D eigenvalue weighted by atomic mass is 79.9. The Bertz CT molecular complexity index is 634. The van der Waals surface area contributed by atoms with Gasteiger partial charge in [0.2, 0.25) is 0 Å². The van der Waals surface area contributed by atoms with Gasteiger partial charge in [-0.1, -0.05) is 12.1 Å². The van der Waals surface area contributed by atoms with Crippen molar-refractivity contribution in [1.82, 2.24) is 4.98 Å². The number of rotatable bonds is 2. The van der Waals surface area contributed by atoms with Crippen LogP contribution in [0.25, 0.3) is 0 Å². The molecule has 1 aliphatic rings. The molecule has 0 unspecified atom stereocenters. The second-order valence-electron chi connectivity index (χ2n) is 5.50. The topological polar surface area (TPSA) is 19.4 Å². The fraction of sp³-hybridized carbons (Fsp3) is 0.353. The summed E-state index contributed by atoms with van der Waals surface area (Å²) in [6.45, 7) is 8.47. The first-order chi connectivity index (χ1) is 10.2. The number of hydrogen-bond donors (Lipinski definition) is 0. The molecule has 4 heteroatoms. The van der Waals surface area contributed by atoms with Gasteiger partial charge < -0.3 is 9.80 Å². The lowest BCUT2D eigenvalue weighted by Crippen LogP contribution is -2.47. The number of benzene rings is 1. The maximum absolute atomic E-state index is 4.49. The van der Waals surface area contributed by atoms with E-state index >= 15 is 0 Å². The molecule has 3 rings (SSSR count). The highest BCUT2D eigenvalue weighted by molar-refractivity contribution is 9.10. The summed E-state index contributed by atoms with van der Waals surface area (Å²) in [7, 11) is 0. The quantitative estimate of drug-likeness (QED) is 0.825. The maximum atomic E-state index is 4.49. The maximum Gasteiger partial charge on any atom is 0.142 e. The average molecular weight is 346 g/mol. The van der Waals surface area contributed by atoms with Crippen LogP contribution < -0.4 is 9.80 Å². The third kappa shape index (κ3) is 2.91. The van der Waals surface area contributed by atoms with Crippen molar-refractivity contribution in [3.8, 4) is 0 Å². The molecule has 0 saturated carbocycles. The lowest BCUT2D eigenvalue weighted by Gasteiger charge is -2.37. The van der Waals surface area contributed by atoms with Crippen molar-refractivity contribution in [2.24, 2.45) is 0 Å². The van der Waals surface area contributed by atoms with Crippen molar-refractivity contribution >= 4 is 27.4 Å². The smallest absolute Gasteiger partial charge is 0.142 e. The van der Waals surface area contributed by atoms with Crippen LogP contribution >= 0.6 is 15.9 Å². The van der Waals surface area contributed by atoms with E-state index in [9.17, 15) is 0 Å². The molecule has 0 bridgehead atoms. The standard InChI is InChI=1S/C17H20BrN3/c1-13-5-3-7-16(14(13)2)20-9-11-21(12-10-20)17-15(18)6-4-8-19-17/h3-8H,9-12H2,1-2H3. The minimum atomic E-state index is 1.00. The van der Waals surface area contributed by atoms with E-state index in [1.807, 2.05) is 12.3 Å². The molecular formula is C17H20BrN3. The van der Waals surface area contributed by atoms with Crippen molar-refractivity contribution in [2.75, 3.05) is 36.0 Å². The van der Waals surface area contributed by atoms with Crippen LogP contribution in [0.15, 0.2) is 41.0 Å². The Morgan fingerprint density at radius 2 is 1.67 bits per heavy atom. The van der Waals surface area contributed by atoms with Gasteiger partial charge in [0, 0.05) is 38.1 Å². The summed E-state index contributed by atoms with van der Waals surface area (Å²) in [6.07, 6.45) is 1.86. The summed E-state index contributed by atoms with van der Waals surface area (Å²) in [4.78, 5) is 9.33. The van der Waals surface area contributed by atoms with Crippen molar-refractivity contribution < 1.29 is 0 Å². The molecule has 1 aromatic carbocycles. The number of pyridine rings is 1. The first kappa shape index (κ1) is 14.4. The summed E-state index contributed by atoms with van der Waals surface area (Å²) in [6, 6.07) is 10.6. The number of halogens is 1. The summed E-state index contributed by atoms with van der Waals surface area (Å²) >= 11 is 3.60. The van der Waals surface area contributed by atoms with Crippen LogP contribution in [0.5, 0.6) is 0 Å². The average Bonchev–Trinajstić information content (AvgIpc) is 2.51. The Kier molecular flexibility index (Phi) is 4.15. The largest absolute Gasteiger partial charge is 0.368 e. The van der Waals surface area contributed by atoms with E-state index in [1.54, 1.807) is 0 Å². The molecule has 21 heavy (non-hydrogen) atoms. The third-order valence-corrected chi connectivity index (χ3v) is 4.85. The second-order valence-corrected chi connectivity index (χ2v) is 6.36. The van der Waals surface area contributed by atoms with Gasteiger partial charge in [-0.3, -0.25) is 0 Å². The molecule has 0 N–H and O–H groups in total. The number of aryl methyl sites for hydroxylation is 1. The van der Waals surface area contributed by atoms with Crippen molar-refractivity contribution in [3.05, 3.63) is 52.1 Å². The van der Waals surface area contributed by atoms with Crippen LogP contribution in [0.2, 0.25) is 0 Å². The molecule has 0 spiro atoms. The minimum Gasteiger partial charge on any atom is -0.368 e. The van der Waals surface area contributed by atoms with Crippen molar-refractivity contribution in [3.63, 3.8) is 0 Å². The molecule has 2 aromatic rings. The van der Waals surface area contributed by atoms with Crippen LogP contribution in [0.4, 0.5) is 11.5 Å². The van der Waals surface area contributed by atoms with Gasteiger partial charge in [-0.2, -0.15) is 0 Å². The lowest BCUT2D eigenvalue weighted by atomic mass is 10.1. The number of hydrogen-bond acceptors (Lipinski definition) is 3. The third-order valence-electron chi connectivity index (χ3n) is 4.23. The van der Waals surface area contributed by atoms with Gasteiger partial charge in [0.1, 0.15) is 5.82 Å². The van der Waals surface area contributed by atoms with Gasteiger partial charge in [-0.15, -0.1) is 0 Å². The molecular weight excluding hydrogens is 326 g/mol. The summed E-state index contributed by atoms with van der Waals surface area (Å²) in [5.74, 6) is 1.05. The van der Waals surface area contributed by atoms with Crippen molar-refractivity contribution in [2.45, 2.75) is 13.8 Å². The summed E-state index contributed by atoms with van der Waals surface area (Å²) in [5, 5.41) is 0. The second kappa shape index (κ2) is 6.06. The fourth-order valence-corrected chi connectivity index (χ4v) is 3.35.